The van der Waals surface area contributed by atoms with E-state index in [1.165, 1.54) is 24.0 Å². The Morgan fingerprint density at radius 3 is 2.57 bits per heavy atom. The van der Waals surface area contributed by atoms with Crippen molar-refractivity contribution in [2.75, 3.05) is 6.61 Å². The number of hydrogen-bond acceptors (Lipinski definition) is 2. The molecule has 1 atom stereocenters. The largest absolute Gasteiger partial charge is 0.491 e. The van der Waals surface area contributed by atoms with Crippen LogP contribution in [0.1, 0.15) is 35.9 Å². The Morgan fingerprint density at radius 1 is 1.00 bits per heavy atom. The van der Waals surface area contributed by atoms with E-state index in [1.807, 2.05) is 6.07 Å². The van der Waals surface area contributed by atoms with Crippen LogP contribution < -0.4 is 10.1 Å². The number of rotatable bonds is 3. The van der Waals surface area contributed by atoms with Gasteiger partial charge in [-0.05, 0) is 42.5 Å². The molecule has 0 radical (unpaired) electrons. The zero-order chi connectivity index (χ0) is 14.2. The highest BCUT2D eigenvalue weighted by Crippen LogP contribution is 2.40. The lowest BCUT2D eigenvalue weighted by Crippen LogP contribution is -2.42. The third-order valence-electron chi connectivity index (χ3n) is 4.62. The number of fused-ring (bicyclic) bond motifs is 1. The van der Waals surface area contributed by atoms with Gasteiger partial charge in [0.15, 0.2) is 0 Å². The minimum Gasteiger partial charge on any atom is -0.491 e. The van der Waals surface area contributed by atoms with Gasteiger partial charge in [-0.15, -0.1) is 0 Å². The van der Waals surface area contributed by atoms with E-state index in [9.17, 15) is 0 Å². The highest BCUT2D eigenvalue weighted by atomic mass is 79.9. The van der Waals surface area contributed by atoms with Crippen LogP contribution in [-0.4, -0.2) is 12.6 Å². The van der Waals surface area contributed by atoms with Crippen LogP contribution in [0.4, 0.5) is 0 Å². The number of ether oxygens (including phenoxy) is 1. The van der Waals surface area contributed by atoms with Crippen LogP contribution in [-0.2, 0) is 0 Å². The van der Waals surface area contributed by atoms with Crippen molar-refractivity contribution >= 4 is 15.9 Å². The third-order valence-corrected chi connectivity index (χ3v) is 5.14. The number of benzene rings is 2. The van der Waals surface area contributed by atoms with Gasteiger partial charge in [0.05, 0.1) is 6.04 Å². The first-order chi connectivity index (χ1) is 10.3. The number of para-hydroxylation sites is 1. The molecule has 1 saturated carbocycles. The van der Waals surface area contributed by atoms with Crippen LogP contribution in [0.15, 0.2) is 53.0 Å². The molecule has 2 aliphatic rings. The summed E-state index contributed by atoms with van der Waals surface area (Å²) in [6.07, 6.45) is 2.45. The minimum atomic E-state index is 0.358. The Kier molecular flexibility index (Phi) is 3.48. The van der Waals surface area contributed by atoms with Crippen LogP contribution in [0.3, 0.4) is 0 Å². The van der Waals surface area contributed by atoms with E-state index in [1.54, 1.807) is 0 Å². The Balaban J connectivity index is 1.36. The Labute approximate surface area is 133 Å². The van der Waals surface area contributed by atoms with Gasteiger partial charge in [-0.25, -0.2) is 0 Å². The average Bonchev–Trinajstić information content (AvgIpc) is 2.87. The fraction of sp³-hybridized carbons (Fsp3) is 0.333. The van der Waals surface area contributed by atoms with Gasteiger partial charge in [0, 0.05) is 16.1 Å². The van der Waals surface area contributed by atoms with Crippen LogP contribution in [0.5, 0.6) is 5.75 Å². The molecule has 2 nitrogen and oxygen atoms in total. The summed E-state index contributed by atoms with van der Waals surface area (Å²) in [5.74, 6) is 1.74. The van der Waals surface area contributed by atoms with Crippen molar-refractivity contribution < 1.29 is 4.74 Å². The second kappa shape index (κ2) is 5.47. The number of halogens is 1. The van der Waals surface area contributed by atoms with Crippen molar-refractivity contribution in [3.8, 4) is 5.75 Å². The van der Waals surface area contributed by atoms with Crippen LogP contribution in [0, 0.1) is 0 Å². The van der Waals surface area contributed by atoms with E-state index in [0.29, 0.717) is 18.0 Å². The zero-order valence-corrected chi connectivity index (χ0v) is 13.3. The van der Waals surface area contributed by atoms with Crippen molar-refractivity contribution in [1.29, 1.82) is 0 Å². The molecule has 4 rings (SSSR count). The molecular formula is C18H18BrNO. The van der Waals surface area contributed by atoms with Gasteiger partial charge in [-0.3, -0.25) is 0 Å². The second-order valence-electron chi connectivity index (χ2n) is 5.98. The molecule has 0 saturated heterocycles. The molecule has 0 bridgehead atoms. The van der Waals surface area contributed by atoms with Gasteiger partial charge in [0.2, 0.25) is 0 Å². The molecule has 1 fully saturated rings. The van der Waals surface area contributed by atoms with E-state index in [2.05, 4.69) is 63.7 Å². The minimum absolute atomic E-state index is 0.358. The first-order valence-corrected chi connectivity index (χ1v) is 8.32. The third kappa shape index (κ3) is 2.60. The lowest BCUT2D eigenvalue weighted by molar-refractivity contribution is 0.236. The summed E-state index contributed by atoms with van der Waals surface area (Å²) in [5.41, 5.74) is 2.77. The van der Waals surface area contributed by atoms with Crippen molar-refractivity contribution in [2.24, 2.45) is 0 Å². The van der Waals surface area contributed by atoms with Gasteiger partial charge in [0.1, 0.15) is 12.4 Å². The standard InChI is InChI=1S/C18H18BrNO/c19-14-7-5-12(6-8-14)13-9-15(10-13)20-17-11-21-18-4-2-1-3-16(17)18/h1-8,13,15,17,20H,9-11H2. The molecule has 0 spiro atoms. The molecule has 108 valence electrons. The van der Waals surface area contributed by atoms with Gasteiger partial charge in [0.25, 0.3) is 0 Å². The molecule has 0 amide bonds. The van der Waals surface area contributed by atoms with Gasteiger partial charge >= 0.3 is 0 Å². The topological polar surface area (TPSA) is 21.3 Å². The summed E-state index contributed by atoms with van der Waals surface area (Å²) >= 11 is 3.49. The predicted molar refractivity (Wildman–Crippen MR) is 87.7 cm³/mol. The first-order valence-electron chi connectivity index (χ1n) is 7.53. The number of nitrogens with one attached hydrogen (secondary N) is 1. The lowest BCUT2D eigenvalue weighted by Gasteiger charge is -2.38. The summed E-state index contributed by atoms with van der Waals surface area (Å²) in [5, 5.41) is 3.75. The zero-order valence-electron chi connectivity index (χ0n) is 11.8. The molecule has 2 aromatic rings. The van der Waals surface area contributed by atoms with Crippen LogP contribution in [0.2, 0.25) is 0 Å². The van der Waals surface area contributed by atoms with Gasteiger partial charge in [-0.2, -0.15) is 0 Å². The summed E-state index contributed by atoms with van der Waals surface area (Å²) < 4.78 is 6.89. The van der Waals surface area contributed by atoms with Crippen LogP contribution >= 0.6 is 15.9 Å². The van der Waals surface area contributed by atoms with E-state index in [0.717, 1.165) is 16.8 Å². The maximum atomic E-state index is 5.74. The highest BCUT2D eigenvalue weighted by molar-refractivity contribution is 9.10. The molecule has 1 aliphatic carbocycles. The lowest BCUT2D eigenvalue weighted by atomic mass is 9.75. The Bertz CT molecular complexity index is 634. The van der Waals surface area contributed by atoms with E-state index in [4.69, 9.17) is 4.74 Å². The summed E-state index contributed by atoms with van der Waals surface area (Å²) in [6, 6.07) is 18.1. The van der Waals surface area contributed by atoms with E-state index >= 15 is 0 Å². The maximum Gasteiger partial charge on any atom is 0.124 e. The molecule has 21 heavy (non-hydrogen) atoms. The quantitative estimate of drug-likeness (QED) is 0.890. The number of hydrogen-bond donors (Lipinski definition) is 1. The average molecular weight is 344 g/mol. The van der Waals surface area contributed by atoms with Crippen molar-refractivity contribution in [3.05, 3.63) is 64.1 Å². The molecule has 0 aromatic heterocycles. The summed E-state index contributed by atoms with van der Waals surface area (Å²) in [7, 11) is 0. The predicted octanol–water partition coefficient (Wildman–Crippen LogP) is 4.42. The Hall–Kier alpha value is -1.32. The fourth-order valence-electron chi connectivity index (χ4n) is 3.35. The van der Waals surface area contributed by atoms with Gasteiger partial charge < -0.3 is 10.1 Å². The smallest absolute Gasteiger partial charge is 0.124 e. The SMILES string of the molecule is Brc1ccc(C2CC(NC3COc4ccccc43)C2)cc1. The van der Waals surface area contributed by atoms with Crippen molar-refractivity contribution in [1.82, 2.24) is 5.32 Å². The first kappa shape index (κ1) is 13.4. The molecule has 1 heterocycles. The summed E-state index contributed by atoms with van der Waals surface area (Å²) in [6.45, 7) is 0.763. The second-order valence-corrected chi connectivity index (χ2v) is 6.90. The molecule has 1 unspecified atom stereocenters. The molecule has 1 aliphatic heterocycles. The molecule has 2 aromatic carbocycles. The Morgan fingerprint density at radius 2 is 1.76 bits per heavy atom. The highest BCUT2D eigenvalue weighted by Gasteiger charge is 2.34. The maximum absolute atomic E-state index is 5.74. The van der Waals surface area contributed by atoms with Crippen molar-refractivity contribution in [2.45, 2.75) is 30.8 Å². The monoisotopic (exact) mass is 343 g/mol. The summed E-state index contributed by atoms with van der Waals surface area (Å²) in [4.78, 5) is 0. The van der Waals surface area contributed by atoms with E-state index in [-0.39, 0.29) is 0 Å². The van der Waals surface area contributed by atoms with Gasteiger partial charge in [-0.1, -0.05) is 46.3 Å². The molecule has 3 heteroatoms. The molecule has 1 N–H and O–H groups in total. The van der Waals surface area contributed by atoms with Crippen LogP contribution in [0.25, 0.3) is 0 Å². The molecular weight excluding hydrogens is 326 g/mol. The van der Waals surface area contributed by atoms with E-state index < -0.39 is 0 Å². The fourth-order valence-corrected chi connectivity index (χ4v) is 3.61. The normalized spacial score (nSPS) is 26.8. The van der Waals surface area contributed by atoms with Crippen molar-refractivity contribution in [3.63, 3.8) is 0 Å².